The third-order valence-electron chi connectivity index (χ3n) is 5.16. The fraction of sp³-hybridized carbons (Fsp3) is 0.550. The summed E-state index contributed by atoms with van der Waals surface area (Å²) in [5, 5.41) is 10.5. The Balaban J connectivity index is 1.90. The molecule has 1 aliphatic carbocycles. The average Bonchev–Trinajstić information content (AvgIpc) is 3.25. The Bertz CT molecular complexity index is 1060. The number of hydrogen-bond donors (Lipinski definition) is 1. The van der Waals surface area contributed by atoms with Crippen molar-refractivity contribution in [1.82, 2.24) is 10.2 Å². The van der Waals surface area contributed by atoms with Crippen molar-refractivity contribution in [2.75, 3.05) is 6.54 Å². The Kier molecular flexibility index (Phi) is 5.73. The first kappa shape index (κ1) is 22.9. The van der Waals surface area contributed by atoms with Gasteiger partial charge in [0, 0.05) is 12.6 Å². The number of nitriles is 1. The molecule has 2 fully saturated rings. The molecule has 2 atom stereocenters. The second-order valence-electron chi connectivity index (χ2n) is 8.81. The molecular weight excluding hydrogens is 432 g/mol. The maximum atomic E-state index is 14.2. The number of hydrogen-bond acceptors (Lipinski definition) is 6. The Morgan fingerprint density at radius 3 is 2.45 bits per heavy atom. The van der Waals surface area contributed by atoms with Crippen LogP contribution in [0.25, 0.3) is 0 Å². The first-order valence-electron chi connectivity index (χ1n) is 9.70. The van der Waals surface area contributed by atoms with Gasteiger partial charge in [-0.15, -0.1) is 0 Å². The zero-order chi connectivity index (χ0) is 23.2. The molecule has 11 heteroatoms. The summed E-state index contributed by atoms with van der Waals surface area (Å²) in [5.74, 6) is -2.86. The predicted molar refractivity (Wildman–Crippen MR) is 104 cm³/mol. The van der Waals surface area contributed by atoms with Gasteiger partial charge in [0.05, 0.1) is 11.3 Å². The summed E-state index contributed by atoms with van der Waals surface area (Å²) in [4.78, 5) is 25.8. The number of ether oxygens (including phenoxy) is 1. The van der Waals surface area contributed by atoms with E-state index in [4.69, 9.17) is 4.74 Å². The predicted octanol–water partition coefficient (Wildman–Crippen LogP) is 2.29. The highest BCUT2D eigenvalue weighted by atomic mass is 32.2. The lowest BCUT2D eigenvalue weighted by atomic mass is 10.2. The molecular formula is C20H23F2N3O5S. The molecule has 8 nitrogen and oxygen atoms in total. The lowest BCUT2D eigenvalue weighted by molar-refractivity contribution is -0.126. The number of carbonyl (C=O) groups is 2. The van der Waals surface area contributed by atoms with Crippen LogP contribution in [0.3, 0.4) is 0 Å². The molecule has 2 amide bonds. The van der Waals surface area contributed by atoms with E-state index >= 15 is 0 Å². The number of amides is 2. The summed E-state index contributed by atoms with van der Waals surface area (Å²) in [7, 11) is -4.33. The molecule has 0 bridgehead atoms. The van der Waals surface area contributed by atoms with Crippen molar-refractivity contribution in [3.05, 3.63) is 29.8 Å². The van der Waals surface area contributed by atoms with Gasteiger partial charge in [0.2, 0.25) is 5.91 Å². The second-order valence-corrected chi connectivity index (χ2v) is 11.0. The molecule has 1 aliphatic heterocycles. The maximum Gasteiger partial charge on any atom is 0.411 e. The van der Waals surface area contributed by atoms with Crippen molar-refractivity contribution in [3.8, 4) is 6.07 Å². The summed E-state index contributed by atoms with van der Waals surface area (Å²) in [5.41, 5.74) is -1.92. The molecule has 0 aromatic heterocycles. The normalized spacial score (nSPS) is 22.5. The topological polar surface area (TPSA) is 117 Å². The zero-order valence-corrected chi connectivity index (χ0v) is 18.1. The Morgan fingerprint density at radius 1 is 1.29 bits per heavy atom. The van der Waals surface area contributed by atoms with Gasteiger partial charge in [-0.2, -0.15) is 5.26 Å². The van der Waals surface area contributed by atoms with E-state index in [0.717, 1.165) is 17.0 Å². The first-order chi connectivity index (χ1) is 14.3. The summed E-state index contributed by atoms with van der Waals surface area (Å²) < 4.78 is 58.7. The molecule has 1 heterocycles. The molecule has 1 aromatic rings. The van der Waals surface area contributed by atoms with E-state index in [0.29, 0.717) is 18.9 Å². The minimum atomic E-state index is -4.33. The molecule has 2 aliphatic rings. The van der Waals surface area contributed by atoms with Crippen molar-refractivity contribution < 1.29 is 31.5 Å². The monoisotopic (exact) mass is 455 g/mol. The first-order valence-corrected chi connectivity index (χ1v) is 11.2. The van der Waals surface area contributed by atoms with E-state index in [1.54, 1.807) is 20.8 Å². The van der Waals surface area contributed by atoms with Crippen LogP contribution in [0, 0.1) is 23.0 Å². The van der Waals surface area contributed by atoms with Gasteiger partial charge >= 0.3 is 6.09 Å². The molecule has 0 spiro atoms. The third kappa shape index (κ3) is 4.79. The summed E-state index contributed by atoms with van der Waals surface area (Å²) in [6, 6.07) is 2.88. The van der Waals surface area contributed by atoms with Crippen molar-refractivity contribution in [2.45, 2.75) is 67.4 Å². The Labute approximate surface area is 179 Å². The number of benzene rings is 1. The number of likely N-dealkylation sites (tertiary alicyclic amines) is 1. The fourth-order valence-electron chi connectivity index (χ4n) is 3.39. The van der Waals surface area contributed by atoms with Gasteiger partial charge in [0.15, 0.2) is 9.84 Å². The average molecular weight is 455 g/mol. The number of rotatable bonds is 4. The molecule has 1 N–H and O–H groups in total. The minimum Gasteiger partial charge on any atom is -0.444 e. The van der Waals surface area contributed by atoms with Gasteiger partial charge in [0.25, 0.3) is 0 Å². The van der Waals surface area contributed by atoms with Crippen LogP contribution in [-0.4, -0.2) is 54.3 Å². The van der Waals surface area contributed by atoms with Crippen LogP contribution in [0.15, 0.2) is 23.1 Å². The van der Waals surface area contributed by atoms with Gasteiger partial charge in [-0.1, -0.05) is 0 Å². The van der Waals surface area contributed by atoms with Crippen LogP contribution >= 0.6 is 0 Å². The number of nitrogens with zero attached hydrogens (tertiary/aromatic N) is 2. The van der Waals surface area contributed by atoms with E-state index < -0.39 is 67.3 Å². The number of sulfone groups is 1. The van der Waals surface area contributed by atoms with E-state index in [9.17, 15) is 32.0 Å². The van der Waals surface area contributed by atoms with Gasteiger partial charge in [0.1, 0.15) is 33.7 Å². The van der Waals surface area contributed by atoms with Crippen LogP contribution in [-0.2, 0) is 19.4 Å². The molecule has 1 unspecified atom stereocenters. The highest BCUT2D eigenvalue weighted by Crippen LogP contribution is 2.36. The standard InChI is InChI=1S/C20H23F2N3O5S/c1-19(2,3)30-18(27)25-10-13(9-15(25)17(26)24-20(11-23)6-7-20)31(28,29)16-5-4-12(21)8-14(16)22/h4-5,8,13,15H,6-7,9-10H2,1-3H3,(H,24,26)/t13?,15-/m0/s1. The third-order valence-corrected chi connectivity index (χ3v) is 7.32. The molecule has 1 aromatic carbocycles. The molecule has 168 valence electrons. The largest absolute Gasteiger partial charge is 0.444 e. The van der Waals surface area contributed by atoms with Crippen LogP contribution in [0.1, 0.15) is 40.0 Å². The molecule has 1 saturated carbocycles. The molecule has 0 radical (unpaired) electrons. The quantitative estimate of drug-likeness (QED) is 0.697. The summed E-state index contributed by atoms with van der Waals surface area (Å²) in [6.45, 7) is 4.44. The van der Waals surface area contributed by atoms with Gasteiger partial charge in [-0.3, -0.25) is 9.69 Å². The zero-order valence-electron chi connectivity index (χ0n) is 17.3. The van der Waals surface area contributed by atoms with Crippen LogP contribution in [0.4, 0.5) is 13.6 Å². The van der Waals surface area contributed by atoms with E-state index in [1.165, 1.54) is 0 Å². The van der Waals surface area contributed by atoms with Gasteiger partial charge in [-0.25, -0.2) is 22.0 Å². The number of halogens is 2. The van der Waals surface area contributed by atoms with Crippen LogP contribution in [0.5, 0.6) is 0 Å². The molecule has 1 saturated heterocycles. The second kappa shape index (κ2) is 7.75. The highest BCUT2D eigenvalue weighted by Gasteiger charge is 2.51. The fourth-order valence-corrected chi connectivity index (χ4v) is 5.13. The van der Waals surface area contributed by atoms with E-state index in [1.807, 2.05) is 6.07 Å². The van der Waals surface area contributed by atoms with Crippen LogP contribution in [0.2, 0.25) is 0 Å². The molecule has 3 rings (SSSR count). The van der Waals surface area contributed by atoms with Crippen molar-refractivity contribution in [1.29, 1.82) is 5.26 Å². The SMILES string of the molecule is CC(C)(C)OC(=O)N1CC(S(=O)(=O)c2ccc(F)cc2F)C[C@H]1C(=O)NC1(C#N)CC1. The number of nitrogens with one attached hydrogen (secondary N) is 1. The smallest absolute Gasteiger partial charge is 0.411 e. The van der Waals surface area contributed by atoms with E-state index in [2.05, 4.69) is 5.32 Å². The lowest BCUT2D eigenvalue weighted by Crippen LogP contribution is -2.50. The minimum absolute atomic E-state index is 0.314. The number of carbonyl (C=O) groups excluding carboxylic acids is 2. The van der Waals surface area contributed by atoms with E-state index in [-0.39, 0.29) is 6.42 Å². The summed E-state index contributed by atoms with van der Waals surface area (Å²) in [6.07, 6.45) is -0.300. The highest BCUT2D eigenvalue weighted by molar-refractivity contribution is 7.92. The summed E-state index contributed by atoms with van der Waals surface area (Å²) >= 11 is 0. The van der Waals surface area contributed by atoms with Crippen molar-refractivity contribution in [2.24, 2.45) is 0 Å². The lowest BCUT2D eigenvalue weighted by Gasteiger charge is -2.28. The van der Waals surface area contributed by atoms with Crippen molar-refractivity contribution in [3.63, 3.8) is 0 Å². The van der Waals surface area contributed by atoms with Crippen molar-refractivity contribution >= 4 is 21.8 Å². The Hall–Kier alpha value is -2.74. The molecule has 31 heavy (non-hydrogen) atoms. The van der Waals surface area contributed by atoms with Crippen LogP contribution < -0.4 is 5.32 Å². The van der Waals surface area contributed by atoms with Gasteiger partial charge in [-0.05, 0) is 52.2 Å². The Morgan fingerprint density at radius 2 is 1.94 bits per heavy atom. The maximum absolute atomic E-state index is 14.2. The van der Waals surface area contributed by atoms with Gasteiger partial charge < -0.3 is 10.1 Å².